The highest BCUT2D eigenvalue weighted by atomic mass is 31.2. The molecule has 1 aromatic carbocycles. The van der Waals surface area contributed by atoms with Crippen LogP contribution in [0.2, 0.25) is 0 Å². The normalized spacial score (nSPS) is 13.2. The summed E-state index contributed by atoms with van der Waals surface area (Å²) in [4.78, 5) is 0. The summed E-state index contributed by atoms with van der Waals surface area (Å²) >= 11 is 0. The highest BCUT2D eigenvalue weighted by molar-refractivity contribution is 7.73. The molecule has 25 heavy (non-hydrogen) atoms. The number of rotatable bonds is 12. The third-order valence-electron chi connectivity index (χ3n) is 3.31. The molecule has 0 heterocycles. The fourth-order valence-corrected chi connectivity index (χ4v) is 7.29. The smallest absolute Gasteiger partial charge is 0.306 e. The largest absolute Gasteiger partial charge is 0.380 e. The van der Waals surface area contributed by atoms with Crippen LogP contribution in [-0.4, -0.2) is 31.6 Å². The highest BCUT2D eigenvalue weighted by Crippen LogP contribution is 2.79. The minimum absolute atomic E-state index is 0.0734. The first-order valence-corrected chi connectivity index (χ1v) is 11.4. The monoisotopic (exact) mass is 396 g/mol. The van der Waals surface area contributed by atoms with Crippen molar-refractivity contribution >= 4 is 15.2 Å². The van der Waals surface area contributed by atoms with Gasteiger partial charge in [0.1, 0.15) is 0 Å². The molecule has 0 spiro atoms. The van der Waals surface area contributed by atoms with Crippen molar-refractivity contribution in [3.8, 4) is 0 Å². The predicted octanol–water partition coefficient (Wildman–Crippen LogP) is 5.38. The molecular weight excluding hydrogens is 369 g/mol. The van der Waals surface area contributed by atoms with Gasteiger partial charge >= 0.3 is 20.3 Å². The average Bonchev–Trinajstić information content (AvgIpc) is 2.56. The minimum atomic E-state index is -4.47. The molecule has 1 aromatic rings. The van der Waals surface area contributed by atoms with Crippen LogP contribution in [0.4, 0.5) is 4.39 Å². The van der Waals surface area contributed by atoms with Crippen molar-refractivity contribution in [1.29, 1.82) is 0 Å². The van der Waals surface area contributed by atoms with E-state index in [1.807, 2.05) is 0 Å². The van der Waals surface area contributed by atoms with E-state index in [1.165, 1.54) is 0 Å². The summed E-state index contributed by atoms with van der Waals surface area (Å²) in [5.74, 6) is 0. The van der Waals surface area contributed by atoms with Gasteiger partial charge in [0, 0.05) is 6.42 Å². The van der Waals surface area contributed by atoms with Crippen molar-refractivity contribution in [2.45, 2.75) is 39.3 Å². The number of alkyl halides is 1. The standard InChI is InChI=1S/C16H27FO6P2/c1-5-20-24(18,21-6-2)16(17,14-15-12-10-9-11-13-15)25(19,22-7-3)23-8-4/h9-13H,5-8,14H2,1-4H3. The number of hydrogen-bond acceptors (Lipinski definition) is 6. The SMILES string of the molecule is CCOP(=O)(OCC)C(F)(Cc1ccccc1)P(=O)(OCC)OCC. The molecule has 0 radical (unpaired) electrons. The molecule has 1 rings (SSSR count). The Kier molecular flexibility index (Phi) is 8.96. The zero-order valence-corrected chi connectivity index (χ0v) is 16.9. The Hall–Kier alpha value is -0.550. The molecule has 0 aliphatic carbocycles. The third kappa shape index (κ3) is 5.00. The van der Waals surface area contributed by atoms with Crippen molar-refractivity contribution in [3.63, 3.8) is 0 Å². The van der Waals surface area contributed by atoms with Crippen molar-refractivity contribution in [3.05, 3.63) is 35.9 Å². The van der Waals surface area contributed by atoms with Gasteiger partial charge < -0.3 is 18.1 Å². The molecule has 0 amide bonds. The van der Waals surface area contributed by atoms with Gasteiger partial charge in [-0.2, -0.15) is 0 Å². The number of hydrogen-bond donors (Lipinski definition) is 0. The highest BCUT2D eigenvalue weighted by Gasteiger charge is 2.66. The van der Waals surface area contributed by atoms with Gasteiger partial charge in [0.2, 0.25) is 0 Å². The maximum absolute atomic E-state index is 16.3. The fourth-order valence-electron chi connectivity index (χ4n) is 2.35. The molecule has 144 valence electrons. The molecule has 0 unspecified atom stereocenters. The first-order chi connectivity index (χ1) is 11.8. The van der Waals surface area contributed by atoms with E-state index in [2.05, 4.69) is 0 Å². The maximum Gasteiger partial charge on any atom is 0.380 e. The Morgan fingerprint density at radius 1 is 0.800 bits per heavy atom. The summed E-state index contributed by atoms with van der Waals surface area (Å²) in [5.41, 5.74) is 0.476. The van der Waals surface area contributed by atoms with Gasteiger partial charge in [-0.25, -0.2) is 4.39 Å². The Bertz CT molecular complexity index is 560. The minimum Gasteiger partial charge on any atom is -0.306 e. The molecule has 0 atom stereocenters. The van der Waals surface area contributed by atoms with Crippen LogP contribution in [-0.2, 0) is 33.6 Å². The third-order valence-corrected chi connectivity index (χ3v) is 9.16. The summed E-state index contributed by atoms with van der Waals surface area (Å²) in [5, 5.41) is -2.96. The second kappa shape index (κ2) is 9.96. The Balaban J connectivity index is 3.52. The van der Waals surface area contributed by atoms with Crippen LogP contribution >= 0.6 is 15.2 Å². The van der Waals surface area contributed by atoms with E-state index in [0.29, 0.717) is 5.56 Å². The van der Waals surface area contributed by atoms with Gasteiger partial charge in [0.15, 0.2) is 0 Å². The van der Waals surface area contributed by atoms with Crippen LogP contribution in [0.15, 0.2) is 30.3 Å². The molecule has 9 heteroatoms. The first kappa shape index (κ1) is 22.5. The van der Waals surface area contributed by atoms with E-state index in [0.717, 1.165) is 0 Å². The number of halogens is 1. The van der Waals surface area contributed by atoms with E-state index in [4.69, 9.17) is 18.1 Å². The van der Waals surface area contributed by atoms with Crippen LogP contribution in [0.5, 0.6) is 0 Å². The van der Waals surface area contributed by atoms with Crippen LogP contribution in [0.1, 0.15) is 33.3 Å². The molecule has 0 saturated heterocycles. The first-order valence-electron chi connectivity index (χ1n) is 8.33. The zero-order valence-electron chi connectivity index (χ0n) is 15.1. The van der Waals surface area contributed by atoms with Crippen LogP contribution in [0, 0.1) is 0 Å². The molecule has 0 aromatic heterocycles. The molecular formula is C16H27FO6P2. The van der Waals surface area contributed by atoms with Crippen molar-refractivity contribution in [1.82, 2.24) is 0 Å². The zero-order chi connectivity index (χ0) is 19.0. The molecule has 0 bridgehead atoms. The Morgan fingerprint density at radius 2 is 1.16 bits per heavy atom. The summed E-state index contributed by atoms with van der Waals surface area (Å²) in [7, 11) is -8.94. The van der Waals surface area contributed by atoms with Gasteiger partial charge in [-0.3, -0.25) is 9.13 Å². The van der Waals surface area contributed by atoms with Crippen LogP contribution in [0.3, 0.4) is 0 Å². The van der Waals surface area contributed by atoms with E-state index >= 15 is 4.39 Å². The quantitative estimate of drug-likeness (QED) is 0.442. The van der Waals surface area contributed by atoms with Gasteiger partial charge in [-0.1, -0.05) is 30.3 Å². The van der Waals surface area contributed by atoms with Gasteiger partial charge in [-0.15, -0.1) is 0 Å². The second-order valence-corrected chi connectivity index (χ2v) is 9.84. The lowest BCUT2D eigenvalue weighted by Crippen LogP contribution is -2.31. The molecule has 0 fully saturated rings. The average molecular weight is 396 g/mol. The lowest BCUT2D eigenvalue weighted by Gasteiger charge is -2.36. The summed E-state index contributed by atoms with van der Waals surface area (Å²) < 4.78 is 63.6. The summed E-state index contributed by atoms with van der Waals surface area (Å²) in [6, 6.07) is 8.44. The van der Waals surface area contributed by atoms with Crippen molar-refractivity contribution in [2.24, 2.45) is 0 Å². The van der Waals surface area contributed by atoms with Crippen LogP contribution in [0.25, 0.3) is 0 Å². The lowest BCUT2D eigenvalue weighted by molar-refractivity contribution is 0.135. The van der Waals surface area contributed by atoms with Crippen molar-refractivity contribution < 1.29 is 31.6 Å². The molecule has 0 aliphatic rings. The van der Waals surface area contributed by atoms with Gasteiger partial charge in [-0.05, 0) is 33.3 Å². The van der Waals surface area contributed by atoms with Gasteiger partial charge in [0.25, 0.3) is 0 Å². The second-order valence-electron chi connectivity index (χ2n) is 5.05. The van der Waals surface area contributed by atoms with Gasteiger partial charge in [0.05, 0.1) is 26.4 Å². The molecule has 0 saturated carbocycles. The predicted molar refractivity (Wildman–Crippen MR) is 95.7 cm³/mol. The van der Waals surface area contributed by atoms with Crippen molar-refractivity contribution in [2.75, 3.05) is 26.4 Å². The Morgan fingerprint density at radius 3 is 1.48 bits per heavy atom. The Labute approximate surface area is 149 Å². The number of benzene rings is 1. The molecule has 0 N–H and O–H groups in total. The van der Waals surface area contributed by atoms with Crippen LogP contribution < -0.4 is 0 Å². The summed E-state index contributed by atoms with van der Waals surface area (Å²) in [6.45, 7) is 5.93. The summed E-state index contributed by atoms with van der Waals surface area (Å²) in [6.07, 6.45) is -0.484. The van der Waals surface area contributed by atoms with E-state index in [9.17, 15) is 9.13 Å². The van der Waals surface area contributed by atoms with E-state index in [1.54, 1.807) is 58.0 Å². The topological polar surface area (TPSA) is 71.1 Å². The maximum atomic E-state index is 16.3. The molecule has 6 nitrogen and oxygen atoms in total. The fraction of sp³-hybridized carbons (Fsp3) is 0.625. The molecule has 0 aliphatic heterocycles. The van der Waals surface area contributed by atoms with E-state index in [-0.39, 0.29) is 26.4 Å². The lowest BCUT2D eigenvalue weighted by atomic mass is 10.2. The van der Waals surface area contributed by atoms with E-state index < -0.39 is 26.8 Å².